The second-order valence-corrected chi connectivity index (χ2v) is 7.51. The molecule has 0 bridgehead atoms. The van der Waals surface area contributed by atoms with E-state index >= 15 is 0 Å². The van der Waals surface area contributed by atoms with E-state index in [4.69, 9.17) is 4.74 Å². The predicted molar refractivity (Wildman–Crippen MR) is 101 cm³/mol. The molecule has 1 aromatic carbocycles. The lowest BCUT2D eigenvalue weighted by Gasteiger charge is -2.21. The maximum atomic E-state index is 12.7. The minimum absolute atomic E-state index is 0.0298. The minimum atomic E-state index is -1.44. The molecule has 0 aliphatic carbocycles. The highest BCUT2D eigenvalue weighted by atomic mass is 32.2. The van der Waals surface area contributed by atoms with E-state index in [-0.39, 0.29) is 6.54 Å². The smallest absolute Gasteiger partial charge is 0.200 e. The van der Waals surface area contributed by atoms with E-state index in [1.165, 1.54) is 25.7 Å². The topological polar surface area (TPSA) is 79.2 Å². The first-order valence-electron chi connectivity index (χ1n) is 8.93. The van der Waals surface area contributed by atoms with E-state index in [0.29, 0.717) is 17.2 Å². The number of hydrogen-bond donors (Lipinski definition) is 1. The van der Waals surface area contributed by atoms with Crippen LogP contribution < -0.4 is 4.74 Å². The van der Waals surface area contributed by atoms with E-state index in [9.17, 15) is 14.2 Å². The van der Waals surface area contributed by atoms with Gasteiger partial charge in [0.05, 0.1) is 18.6 Å². The van der Waals surface area contributed by atoms with Crippen molar-refractivity contribution in [3.05, 3.63) is 29.2 Å². The van der Waals surface area contributed by atoms with Gasteiger partial charge in [-0.05, 0) is 35.9 Å². The fourth-order valence-corrected chi connectivity index (χ4v) is 3.77. The van der Waals surface area contributed by atoms with E-state index in [0.717, 1.165) is 19.3 Å². The molecule has 0 aliphatic rings. The number of ether oxygens (including phenoxy) is 1. The van der Waals surface area contributed by atoms with Gasteiger partial charge in [-0.15, -0.1) is 4.91 Å². The molecule has 2 unspecified atom stereocenters. The molecule has 0 radical (unpaired) electrons. The molecule has 0 aromatic heterocycles. The van der Waals surface area contributed by atoms with Crippen LogP contribution in [0.3, 0.4) is 0 Å². The molecule has 0 spiro atoms. The molecule has 1 aromatic rings. The lowest BCUT2D eigenvalue weighted by molar-refractivity contribution is 0.154. The van der Waals surface area contributed by atoms with Crippen LogP contribution in [0.2, 0.25) is 0 Å². The molecule has 6 nitrogen and oxygen atoms in total. The highest BCUT2D eigenvalue weighted by Crippen LogP contribution is 2.18. The van der Waals surface area contributed by atoms with Crippen molar-refractivity contribution in [3.8, 4) is 5.75 Å². The molecule has 25 heavy (non-hydrogen) atoms. The quantitative estimate of drug-likeness (QED) is 0.398. The lowest BCUT2D eigenvalue weighted by atomic mass is 10.1. The SMILES string of the molecule is CCCCCCCCCN(CC(O)N=O)S(=O)c1ccc(OC)cc1. The molecule has 1 rings (SSSR count). The largest absolute Gasteiger partial charge is 0.497 e. The summed E-state index contributed by atoms with van der Waals surface area (Å²) < 4.78 is 19.5. The molecule has 0 amide bonds. The molecule has 7 heteroatoms. The number of unbranched alkanes of at least 4 members (excludes halogenated alkanes) is 6. The summed E-state index contributed by atoms with van der Waals surface area (Å²) in [4.78, 5) is 11.1. The Balaban J connectivity index is 2.55. The maximum absolute atomic E-state index is 12.7. The van der Waals surface area contributed by atoms with Gasteiger partial charge in [0.15, 0.2) is 0 Å². The van der Waals surface area contributed by atoms with Crippen molar-refractivity contribution >= 4 is 11.0 Å². The average Bonchev–Trinajstić information content (AvgIpc) is 2.65. The first-order valence-corrected chi connectivity index (χ1v) is 10.0. The summed E-state index contributed by atoms with van der Waals surface area (Å²) in [6.45, 7) is 2.72. The van der Waals surface area contributed by atoms with Gasteiger partial charge in [-0.2, -0.15) is 0 Å². The number of benzene rings is 1. The van der Waals surface area contributed by atoms with Crippen LogP contribution in [0.4, 0.5) is 0 Å². The monoisotopic (exact) mass is 370 g/mol. The first-order chi connectivity index (χ1) is 12.1. The summed E-state index contributed by atoms with van der Waals surface area (Å²) >= 11 is 0. The van der Waals surface area contributed by atoms with Crippen LogP contribution in [-0.2, 0) is 11.0 Å². The van der Waals surface area contributed by atoms with Crippen molar-refractivity contribution in [3.63, 3.8) is 0 Å². The second kappa shape index (κ2) is 13.0. The number of hydrogen-bond acceptors (Lipinski definition) is 5. The molecule has 1 N–H and O–H groups in total. The Morgan fingerprint density at radius 1 is 1.12 bits per heavy atom. The van der Waals surface area contributed by atoms with Gasteiger partial charge in [0.25, 0.3) is 0 Å². The molecule has 0 aliphatic heterocycles. The van der Waals surface area contributed by atoms with Gasteiger partial charge in [0.2, 0.25) is 6.23 Å². The number of nitrogens with zero attached hydrogens (tertiary/aromatic N) is 2. The summed E-state index contributed by atoms with van der Waals surface area (Å²) in [5, 5.41) is 12.2. The Bertz CT molecular complexity index is 510. The highest BCUT2D eigenvalue weighted by Gasteiger charge is 2.19. The van der Waals surface area contributed by atoms with Crippen LogP contribution in [0.25, 0.3) is 0 Å². The zero-order chi connectivity index (χ0) is 18.5. The van der Waals surface area contributed by atoms with Crippen molar-refractivity contribution in [1.29, 1.82) is 0 Å². The van der Waals surface area contributed by atoms with Crippen molar-refractivity contribution in [2.45, 2.75) is 63.0 Å². The van der Waals surface area contributed by atoms with Crippen LogP contribution in [0.15, 0.2) is 34.3 Å². The fraction of sp³-hybridized carbons (Fsp3) is 0.667. The maximum Gasteiger partial charge on any atom is 0.200 e. The fourth-order valence-electron chi connectivity index (χ4n) is 2.54. The number of nitroso groups, excluding NO2 is 1. The van der Waals surface area contributed by atoms with E-state index in [1.807, 2.05) is 0 Å². The van der Waals surface area contributed by atoms with Gasteiger partial charge in [0.1, 0.15) is 16.7 Å². The first kappa shape index (κ1) is 21.7. The standard InChI is InChI=1S/C18H30N2O4S/c1-3-4-5-6-7-8-9-14-20(15-18(21)19-22)25(23)17-12-10-16(24-2)11-13-17/h10-13,18,21H,3-9,14-15H2,1-2H3. The molecule has 0 heterocycles. The predicted octanol–water partition coefficient (Wildman–Crippen LogP) is 3.86. The molecule has 2 atom stereocenters. The normalized spacial score (nSPS) is 13.6. The number of aliphatic hydroxyl groups is 1. The van der Waals surface area contributed by atoms with E-state index < -0.39 is 17.2 Å². The van der Waals surface area contributed by atoms with Crippen LogP contribution >= 0.6 is 0 Å². The summed E-state index contributed by atoms with van der Waals surface area (Å²) in [6.07, 6.45) is 6.67. The summed E-state index contributed by atoms with van der Waals surface area (Å²) in [5.41, 5.74) is 0. The van der Waals surface area contributed by atoms with Gasteiger partial charge in [0, 0.05) is 6.54 Å². The third-order valence-electron chi connectivity index (χ3n) is 4.00. The molecular formula is C18H30N2O4S. The Morgan fingerprint density at radius 3 is 2.28 bits per heavy atom. The van der Waals surface area contributed by atoms with Crippen LogP contribution in [0.1, 0.15) is 51.9 Å². The summed E-state index contributed by atoms with van der Waals surface area (Å²) in [7, 11) is 0.129. The number of methoxy groups -OCH3 is 1. The van der Waals surface area contributed by atoms with Crippen molar-refractivity contribution in [1.82, 2.24) is 4.31 Å². The van der Waals surface area contributed by atoms with Crippen LogP contribution in [0, 0.1) is 4.91 Å². The molecule has 0 fully saturated rings. The molecule has 0 saturated carbocycles. The van der Waals surface area contributed by atoms with E-state index in [1.54, 1.807) is 35.7 Å². The molecule has 142 valence electrons. The zero-order valence-electron chi connectivity index (χ0n) is 15.2. The van der Waals surface area contributed by atoms with E-state index in [2.05, 4.69) is 12.1 Å². The zero-order valence-corrected chi connectivity index (χ0v) is 16.0. The Kier molecular flexibility index (Phi) is 11.3. The van der Waals surface area contributed by atoms with Crippen molar-refractivity contribution in [2.75, 3.05) is 20.2 Å². The molecule has 0 saturated heterocycles. The average molecular weight is 371 g/mol. The Morgan fingerprint density at radius 2 is 1.72 bits per heavy atom. The van der Waals surface area contributed by atoms with Gasteiger partial charge < -0.3 is 9.84 Å². The Labute approximate surface area is 153 Å². The van der Waals surface area contributed by atoms with Crippen LogP contribution in [0.5, 0.6) is 5.75 Å². The third-order valence-corrected chi connectivity index (χ3v) is 5.47. The number of aliphatic hydroxyl groups excluding tert-OH is 1. The molecular weight excluding hydrogens is 340 g/mol. The van der Waals surface area contributed by atoms with Gasteiger partial charge in [-0.25, -0.2) is 8.51 Å². The summed E-state index contributed by atoms with van der Waals surface area (Å²) in [6, 6.07) is 6.95. The van der Waals surface area contributed by atoms with Crippen molar-refractivity contribution < 1.29 is 14.1 Å². The van der Waals surface area contributed by atoms with Gasteiger partial charge >= 0.3 is 0 Å². The highest BCUT2D eigenvalue weighted by molar-refractivity contribution is 7.82. The Hall–Kier alpha value is -1.31. The third kappa shape index (κ3) is 8.56. The van der Waals surface area contributed by atoms with Crippen molar-refractivity contribution in [2.24, 2.45) is 5.18 Å². The lowest BCUT2D eigenvalue weighted by Crippen LogP contribution is -2.34. The van der Waals surface area contributed by atoms with Gasteiger partial charge in [-0.3, -0.25) is 0 Å². The minimum Gasteiger partial charge on any atom is -0.497 e. The summed E-state index contributed by atoms with van der Waals surface area (Å²) in [5.74, 6) is 0.689. The van der Waals surface area contributed by atoms with Gasteiger partial charge in [-0.1, -0.05) is 45.4 Å². The van der Waals surface area contributed by atoms with Crippen LogP contribution in [-0.4, -0.2) is 40.0 Å². The number of rotatable bonds is 14. The second-order valence-electron chi connectivity index (χ2n) is 6.02.